The molecule has 17 heavy (non-hydrogen) atoms. The van der Waals surface area contributed by atoms with Gasteiger partial charge in [-0.15, -0.1) is 0 Å². The maximum absolute atomic E-state index is 4.23. The molecule has 96 valence electrons. The van der Waals surface area contributed by atoms with Crippen LogP contribution in [-0.2, 0) is 13.1 Å². The van der Waals surface area contributed by atoms with Crippen molar-refractivity contribution in [1.29, 1.82) is 0 Å². The Balaban J connectivity index is 1.90. The van der Waals surface area contributed by atoms with Gasteiger partial charge in [0.15, 0.2) is 0 Å². The monoisotopic (exact) mass is 236 g/mol. The number of rotatable bonds is 4. The van der Waals surface area contributed by atoms with Gasteiger partial charge in [-0.2, -0.15) is 0 Å². The first-order chi connectivity index (χ1) is 8.17. The number of imidazole rings is 1. The van der Waals surface area contributed by atoms with Crippen molar-refractivity contribution in [2.45, 2.75) is 45.3 Å². The quantitative estimate of drug-likeness (QED) is 0.859. The van der Waals surface area contributed by atoms with E-state index in [-0.39, 0.29) is 0 Å². The molecule has 2 heterocycles. The molecule has 0 spiro atoms. The molecule has 4 nitrogen and oxygen atoms in total. The summed E-state index contributed by atoms with van der Waals surface area (Å²) < 4.78 is 2.23. The molecule has 1 aromatic heterocycles. The highest BCUT2D eigenvalue weighted by Crippen LogP contribution is 2.22. The average molecular weight is 236 g/mol. The lowest BCUT2D eigenvalue weighted by Gasteiger charge is -2.39. The van der Waals surface area contributed by atoms with Gasteiger partial charge >= 0.3 is 0 Å². The number of hydrogen-bond donors (Lipinski definition) is 1. The molecule has 1 aliphatic heterocycles. The Morgan fingerprint density at radius 1 is 1.41 bits per heavy atom. The predicted molar refractivity (Wildman–Crippen MR) is 69.9 cm³/mol. The minimum absolute atomic E-state index is 0.335. The second-order valence-electron chi connectivity index (χ2n) is 5.26. The van der Waals surface area contributed by atoms with Crippen molar-refractivity contribution >= 4 is 0 Å². The Kier molecular flexibility index (Phi) is 3.84. The van der Waals surface area contributed by atoms with Gasteiger partial charge in [0.05, 0.1) is 12.0 Å². The van der Waals surface area contributed by atoms with Crippen molar-refractivity contribution in [3.63, 3.8) is 0 Å². The van der Waals surface area contributed by atoms with E-state index in [0.29, 0.717) is 5.54 Å². The zero-order chi connectivity index (χ0) is 12.3. The number of hydrogen-bond acceptors (Lipinski definition) is 3. The topological polar surface area (TPSA) is 33.1 Å². The number of aromatic nitrogens is 2. The number of nitrogens with zero attached hydrogens (tertiary/aromatic N) is 3. The molecule has 0 radical (unpaired) electrons. The van der Waals surface area contributed by atoms with Crippen LogP contribution in [0.1, 0.15) is 32.4 Å². The van der Waals surface area contributed by atoms with Gasteiger partial charge in [0.1, 0.15) is 0 Å². The Bertz CT molecular complexity index is 350. The zero-order valence-electron chi connectivity index (χ0n) is 11.2. The molecule has 0 atom stereocenters. The van der Waals surface area contributed by atoms with Gasteiger partial charge in [-0.25, -0.2) is 4.98 Å². The van der Waals surface area contributed by atoms with Gasteiger partial charge in [-0.1, -0.05) is 0 Å². The number of piperidine rings is 1. The van der Waals surface area contributed by atoms with Crippen molar-refractivity contribution in [3.8, 4) is 0 Å². The summed E-state index contributed by atoms with van der Waals surface area (Å²) >= 11 is 0. The first-order valence-corrected chi connectivity index (χ1v) is 6.57. The van der Waals surface area contributed by atoms with Gasteiger partial charge in [0.25, 0.3) is 0 Å². The van der Waals surface area contributed by atoms with Crippen molar-refractivity contribution < 1.29 is 0 Å². The Labute approximate surface area is 104 Å². The minimum atomic E-state index is 0.335. The summed E-state index contributed by atoms with van der Waals surface area (Å²) in [6.07, 6.45) is 6.37. The molecule has 2 rings (SSSR count). The highest BCUT2D eigenvalue weighted by Gasteiger charge is 2.28. The third-order valence-electron chi connectivity index (χ3n) is 4.09. The summed E-state index contributed by atoms with van der Waals surface area (Å²) in [5, 5.41) is 3.44. The van der Waals surface area contributed by atoms with Crippen molar-refractivity contribution in [1.82, 2.24) is 19.8 Å². The van der Waals surface area contributed by atoms with Crippen LogP contribution in [0.4, 0.5) is 0 Å². The number of aryl methyl sites for hydroxylation is 1. The van der Waals surface area contributed by atoms with Crippen molar-refractivity contribution in [2.75, 3.05) is 20.1 Å². The summed E-state index contributed by atoms with van der Waals surface area (Å²) in [5.41, 5.74) is 1.67. The van der Waals surface area contributed by atoms with Crippen LogP contribution >= 0.6 is 0 Å². The Morgan fingerprint density at radius 3 is 2.71 bits per heavy atom. The molecule has 1 aliphatic rings. The summed E-state index contributed by atoms with van der Waals surface area (Å²) in [5.74, 6) is 0. The van der Waals surface area contributed by atoms with Crippen molar-refractivity contribution in [3.05, 3.63) is 18.2 Å². The van der Waals surface area contributed by atoms with Gasteiger partial charge in [0.2, 0.25) is 0 Å². The number of nitrogens with one attached hydrogen (secondary N) is 1. The van der Waals surface area contributed by atoms with Crippen LogP contribution < -0.4 is 5.32 Å². The van der Waals surface area contributed by atoms with Gasteiger partial charge < -0.3 is 9.88 Å². The van der Waals surface area contributed by atoms with Crippen LogP contribution in [0.25, 0.3) is 0 Å². The van der Waals surface area contributed by atoms with Crippen LogP contribution in [0, 0.1) is 0 Å². The largest absolute Gasteiger partial charge is 0.334 e. The van der Waals surface area contributed by atoms with E-state index in [2.05, 4.69) is 40.7 Å². The van der Waals surface area contributed by atoms with E-state index in [1.54, 1.807) is 0 Å². The summed E-state index contributed by atoms with van der Waals surface area (Å²) in [4.78, 5) is 6.76. The van der Waals surface area contributed by atoms with E-state index >= 15 is 0 Å². The van der Waals surface area contributed by atoms with E-state index in [4.69, 9.17) is 0 Å². The van der Waals surface area contributed by atoms with Gasteiger partial charge in [-0.3, -0.25) is 4.90 Å². The molecule has 4 heteroatoms. The van der Waals surface area contributed by atoms with Gasteiger partial charge in [-0.05, 0) is 33.7 Å². The molecular weight excluding hydrogens is 212 g/mol. The standard InChI is InChI=1S/C13H24N4/c1-4-17-11-15-9-12(17)10-16-7-5-13(2,14-3)6-8-16/h9,11,14H,4-8,10H2,1-3H3. The zero-order valence-corrected chi connectivity index (χ0v) is 11.2. The second-order valence-corrected chi connectivity index (χ2v) is 5.26. The molecule has 1 saturated heterocycles. The maximum atomic E-state index is 4.23. The fraction of sp³-hybridized carbons (Fsp3) is 0.769. The molecule has 1 fully saturated rings. The first-order valence-electron chi connectivity index (χ1n) is 6.57. The van der Waals surface area contributed by atoms with E-state index in [1.807, 2.05) is 12.5 Å². The molecule has 0 aliphatic carbocycles. The lowest BCUT2D eigenvalue weighted by atomic mass is 9.90. The highest BCUT2D eigenvalue weighted by molar-refractivity contribution is 4.99. The van der Waals surface area contributed by atoms with Crippen LogP contribution in [0.3, 0.4) is 0 Å². The van der Waals surface area contributed by atoms with Crippen LogP contribution in [-0.4, -0.2) is 40.1 Å². The second kappa shape index (κ2) is 5.19. The van der Waals surface area contributed by atoms with Gasteiger partial charge in [0, 0.05) is 37.9 Å². The molecule has 0 amide bonds. The van der Waals surface area contributed by atoms with Crippen LogP contribution in [0.2, 0.25) is 0 Å². The first kappa shape index (κ1) is 12.6. The van der Waals surface area contributed by atoms with E-state index in [0.717, 1.165) is 13.1 Å². The maximum Gasteiger partial charge on any atom is 0.0948 e. The molecule has 0 saturated carbocycles. The fourth-order valence-electron chi connectivity index (χ4n) is 2.45. The smallest absolute Gasteiger partial charge is 0.0948 e. The van der Waals surface area contributed by atoms with E-state index in [1.165, 1.54) is 31.6 Å². The minimum Gasteiger partial charge on any atom is -0.334 e. The SMILES string of the molecule is CCn1cncc1CN1CCC(C)(NC)CC1. The third-order valence-corrected chi connectivity index (χ3v) is 4.09. The van der Waals surface area contributed by atoms with E-state index in [9.17, 15) is 0 Å². The normalized spacial score (nSPS) is 20.6. The van der Waals surface area contributed by atoms with Crippen LogP contribution in [0.5, 0.6) is 0 Å². The fourth-order valence-corrected chi connectivity index (χ4v) is 2.45. The molecule has 0 aromatic carbocycles. The highest BCUT2D eigenvalue weighted by atomic mass is 15.2. The average Bonchev–Trinajstić information content (AvgIpc) is 2.80. The Morgan fingerprint density at radius 2 is 2.12 bits per heavy atom. The Hall–Kier alpha value is -0.870. The molecule has 0 unspecified atom stereocenters. The lowest BCUT2D eigenvalue weighted by Crippen LogP contribution is -2.49. The summed E-state index contributed by atoms with van der Waals surface area (Å²) in [6, 6.07) is 0. The lowest BCUT2D eigenvalue weighted by molar-refractivity contribution is 0.144. The molecule has 1 N–H and O–H groups in total. The van der Waals surface area contributed by atoms with E-state index < -0.39 is 0 Å². The number of likely N-dealkylation sites (tertiary alicyclic amines) is 1. The summed E-state index contributed by atoms with van der Waals surface area (Å²) in [7, 11) is 2.07. The predicted octanol–water partition coefficient (Wildman–Crippen LogP) is 1.48. The van der Waals surface area contributed by atoms with Crippen molar-refractivity contribution in [2.24, 2.45) is 0 Å². The third kappa shape index (κ3) is 2.87. The van der Waals surface area contributed by atoms with Crippen LogP contribution in [0.15, 0.2) is 12.5 Å². The molecule has 0 bridgehead atoms. The molecular formula is C13H24N4. The summed E-state index contributed by atoms with van der Waals surface area (Å²) in [6.45, 7) is 8.88. The molecule has 1 aromatic rings.